The van der Waals surface area contributed by atoms with Crippen molar-refractivity contribution >= 4 is 40.3 Å². The van der Waals surface area contributed by atoms with Gasteiger partial charge in [-0.05, 0) is 42.9 Å². The maximum absolute atomic E-state index is 12.6. The number of fused-ring (bicyclic) bond motifs is 1. The van der Waals surface area contributed by atoms with E-state index >= 15 is 0 Å². The van der Waals surface area contributed by atoms with Gasteiger partial charge in [0, 0.05) is 0 Å². The molecule has 0 spiro atoms. The van der Waals surface area contributed by atoms with Crippen LogP contribution in [-0.2, 0) is 11.3 Å². The van der Waals surface area contributed by atoms with Crippen LogP contribution in [0.4, 0.5) is 0 Å². The summed E-state index contributed by atoms with van der Waals surface area (Å²) in [4.78, 5) is 22.7. The molecule has 5 rings (SSSR count). The van der Waals surface area contributed by atoms with Gasteiger partial charge in [-0.1, -0.05) is 53.9 Å². The molecule has 3 aromatic rings. The van der Waals surface area contributed by atoms with Crippen molar-refractivity contribution in [3.63, 3.8) is 0 Å². The highest BCUT2D eigenvalue weighted by Gasteiger charge is 2.36. The quantitative estimate of drug-likeness (QED) is 0.479. The van der Waals surface area contributed by atoms with Crippen molar-refractivity contribution in [2.75, 3.05) is 5.75 Å². The van der Waals surface area contributed by atoms with Gasteiger partial charge in [0.05, 0.1) is 29.2 Å². The number of nitrogens with zero attached hydrogens (tertiary/aromatic N) is 5. The van der Waals surface area contributed by atoms with Gasteiger partial charge < -0.3 is 4.42 Å². The average Bonchev–Trinajstić information content (AvgIpc) is 3.45. The molecule has 0 saturated heterocycles. The highest BCUT2D eigenvalue weighted by Crippen LogP contribution is 2.40. The van der Waals surface area contributed by atoms with E-state index in [1.165, 1.54) is 11.8 Å². The summed E-state index contributed by atoms with van der Waals surface area (Å²) in [6.07, 6.45) is 1.66. The molecule has 2 aromatic heterocycles. The second-order valence-corrected chi connectivity index (χ2v) is 9.82. The third-order valence-corrected chi connectivity index (χ3v) is 7.68. The zero-order valence-corrected chi connectivity index (χ0v) is 19.5. The first-order valence-electron chi connectivity index (χ1n) is 10.2. The highest BCUT2D eigenvalue weighted by atomic mass is 32.2. The molecule has 2 aliphatic rings. The molecule has 0 aliphatic carbocycles. The van der Waals surface area contributed by atoms with E-state index in [2.05, 4.69) is 36.9 Å². The van der Waals surface area contributed by atoms with Gasteiger partial charge in [0.2, 0.25) is 0 Å². The molecule has 7 nitrogen and oxygen atoms in total. The van der Waals surface area contributed by atoms with Gasteiger partial charge in [-0.2, -0.15) is 4.99 Å². The van der Waals surface area contributed by atoms with Crippen LogP contribution < -0.4 is 0 Å². The molecule has 32 heavy (non-hydrogen) atoms. The Kier molecular flexibility index (Phi) is 5.60. The molecule has 162 valence electrons. The normalized spacial score (nSPS) is 18.1. The molecule has 2 aliphatic heterocycles. The van der Waals surface area contributed by atoms with Crippen molar-refractivity contribution in [2.45, 2.75) is 32.5 Å². The molecule has 0 saturated carbocycles. The Morgan fingerprint density at radius 1 is 1.09 bits per heavy atom. The second-order valence-electron chi connectivity index (χ2n) is 7.65. The summed E-state index contributed by atoms with van der Waals surface area (Å²) >= 11 is 3.05. The lowest BCUT2D eigenvalue weighted by Gasteiger charge is -2.15. The number of amidine groups is 1. The highest BCUT2D eigenvalue weighted by molar-refractivity contribution is 8.17. The fourth-order valence-corrected chi connectivity index (χ4v) is 5.65. The van der Waals surface area contributed by atoms with Gasteiger partial charge in [0.25, 0.3) is 5.91 Å². The molecule has 1 unspecified atom stereocenters. The van der Waals surface area contributed by atoms with Gasteiger partial charge in [0.1, 0.15) is 17.5 Å². The summed E-state index contributed by atoms with van der Waals surface area (Å²) in [7, 11) is 0. The molecule has 1 amide bonds. The van der Waals surface area contributed by atoms with E-state index < -0.39 is 0 Å². The number of carbonyl (C=O) groups is 1. The molecule has 1 aromatic carbocycles. The predicted octanol–water partition coefficient (Wildman–Crippen LogP) is 4.98. The number of rotatable bonds is 6. The molecule has 1 atom stereocenters. The smallest absolute Gasteiger partial charge is 0.261 e. The Labute approximate surface area is 194 Å². The van der Waals surface area contributed by atoms with Crippen molar-refractivity contribution in [3.8, 4) is 11.4 Å². The number of furan rings is 1. The number of aliphatic imine (C=N–C) groups is 2. The molecule has 0 N–H and O–H groups in total. The van der Waals surface area contributed by atoms with E-state index in [-0.39, 0.29) is 11.8 Å². The maximum atomic E-state index is 12.6. The topological polar surface area (TPSA) is 85.6 Å². The van der Waals surface area contributed by atoms with E-state index in [4.69, 9.17) is 4.42 Å². The Morgan fingerprint density at radius 2 is 1.91 bits per heavy atom. The van der Waals surface area contributed by atoms with Gasteiger partial charge in [-0.25, -0.2) is 4.99 Å². The Bertz CT molecular complexity index is 1290. The average molecular weight is 464 g/mol. The third-order valence-electron chi connectivity index (χ3n) is 5.55. The van der Waals surface area contributed by atoms with E-state index in [9.17, 15) is 4.79 Å². The first-order chi connectivity index (χ1) is 15.5. The summed E-state index contributed by atoms with van der Waals surface area (Å²) in [5.74, 6) is 2.07. The SMILES string of the molecule is CC1=C(C)C2C(=O)N=C(CSc3nnc(-c4ccoc4C)n3Cc3ccccc3)N=C2S1. The van der Waals surface area contributed by atoms with Crippen LogP contribution in [0.3, 0.4) is 0 Å². The second kappa shape index (κ2) is 8.55. The van der Waals surface area contributed by atoms with Crippen LogP contribution in [-0.4, -0.2) is 37.3 Å². The molecular formula is C23H21N5O2S2. The van der Waals surface area contributed by atoms with Crippen LogP contribution in [0.25, 0.3) is 11.4 Å². The van der Waals surface area contributed by atoms with Crippen molar-refractivity contribution in [1.29, 1.82) is 0 Å². The molecule has 0 radical (unpaired) electrons. The van der Waals surface area contributed by atoms with Crippen LogP contribution in [0.2, 0.25) is 0 Å². The third kappa shape index (κ3) is 3.86. The number of thioether (sulfide) groups is 2. The first kappa shape index (κ1) is 21.0. The molecule has 0 fully saturated rings. The minimum atomic E-state index is -0.300. The maximum Gasteiger partial charge on any atom is 0.261 e. The van der Waals surface area contributed by atoms with Gasteiger partial charge >= 0.3 is 0 Å². The van der Waals surface area contributed by atoms with Crippen LogP contribution >= 0.6 is 23.5 Å². The Hall–Kier alpha value is -2.91. The van der Waals surface area contributed by atoms with Gasteiger partial charge in [0.15, 0.2) is 11.0 Å². The lowest BCUT2D eigenvalue weighted by atomic mass is 10.0. The summed E-state index contributed by atoms with van der Waals surface area (Å²) in [5, 5.41) is 10.5. The standard InChI is InChI=1S/C23H21N5O2S2/c1-13-15(3)32-22-19(13)21(29)24-18(25-22)12-31-23-27-26-20(17-9-10-30-14(17)2)28(23)11-16-7-5-4-6-8-16/h4-10,19H,11-12H2,1-3H3. The van der Waals surface area contributed by atoms with E-state index in [0.717, 1.165) is 43.4 Å². The van der Waals surface area contributed by atoms with Crippen LogP contribution in [0.15, 0.2) is 72.7 Å². The number of allylic oxidation sites excluding steroid dienone is 1. The number of hydrogen-bond acceptors (Lipinski definition) is 7. The Balaban J connectivity index is 1.41. The summed E-state index contributed by atoms with van der Waals surface area (Å²) in [6.45, 7) is 6.54. The zero-order valence-electron chi connectivity index (χ0n) is 17.9. The minimum absolute atomic E-state index is 0.132. The lowest BCUT2D eigenvalue weighted by molar-refractivity contribution is -0.118. The van der Waals surface area contributed by atoms with Gasteiger partial charge in [-0.15, -0.1) is 10.2 Å². The van der Waals surface area contributed by atoms with Crippen molar-refractivity contribution in [1.82, 2.24) is 14.8 Å². The van der Waals surface area contributed by atoms with E-state index in [0.29, 0.717) is 18.1 Å². The fraction of sp³-hybridized carbons (Fsp3) is 0.261. The lowest BCUT2D eigenvalue weighted by Crippen LogP contribution is -2.25. The fourth-order valence-electron chi connectivity index (χ4n) is 3.72. The van der Waals surface area contributed by atoms with E-state index in [1.807, 2.05) is 45.0 Å². The number of aryl methyl sites for hydroxylation is 1. The number of benzene rings is 1. The zero-order chi connectivity index (χ0) is 22.2. The summed E-state index contributed by atoms with van der Waals surface area (Å²) in [6, 6.07) is 12.1. The number of hydrogen-bond donors (Lipinski definition) is 0. The van der Waals surface area contributed by atoms with Gasteiger partial charge in [-0.3, -0.25) is 9.36 Å². The number of aromatic nitrogens is 3. The van der Waals surface area contributed by atoms with Crippen LogP contribution in [0.5, 0.6) is 0 Å². The van der Waals surface area contributed by atoms with Crippen LogP contribution in [0, 0.1) is 12.8 Å². The Morgan fingerprint density at radius 3 is 2.66 bits per heavy atom. The minimum Gasteiger partial charge on any atom is -0.469 e. The largest absolute Gasteiger partial charge is 0.469 e. The first-order valence-corrected chi connectivity index (χ1v) is 12.0. The predicted molar refractivity (Wildman–Crippen MR) is 128 cm³/mol. The van der Waals surface area contributed by atoms with Crippen molar-refractivity contribution in [2.24, 2.45) is 15.9 Å². The van der Waals surface area contributed by atoms with Crippen molar-refractivity contribution < 1.29 is 9.21 Å². The molecule has 4 heterocycles. The number of carbonyl (C=O) groups excluding carboxylic acids is 1. The summed E-state index contributed by atoms with van der Waals surface area (Å²) < 4.78 is 7.56. The monoisotopic (exact) mass is 463 g/mol. The molecule has 9 heteroatoms. The van der Waals surface area contributed by atoms with Crippen molar-refractivity contribution in [3.05, 3.63) is 64.5 Å². The van der Waals surface area contributed by atoms with Crippen LogP contribution in [0.1, 0.15) is 25.2 Å². The van der Waals surface area contributed by atoms with E-state index in [1.54, 1.807) is 18.0 Å². The molecule has 0 bridgehead atoms. The molecular weight excluding hydrogens is 442 g/mol. The summed E-state index contributed by atoms with van der Waals surface area (Å²) in [5.41, 5.74) is 3.11. The number of amides is 1.